The molecule has 0 aliphatic heterocycles. The van der Waals surface area contributed by atoms with Crippen molar-refractivity contribution in [3.63, 3.8) is 0 Å². The van der Waals surface area contributed by atoms with Crippen LogP contribution in [-0.2, 0) is 6.54 Å². The molecule has 4 nitrogen and oxygen atoms in total. The number of nitrogens with two attached hydrogens (primary N) is 1. The molecule has 0 atom stereocenters. The number of fused-ring (bicyclic) bond motifs is 1. The molecule has 0 radical (unpaired) electrons. The second kappa shape index (κ2) is 4.85. The van der Waals surface area contributed by atoms with Crippen molar-refractivity contribution in [2.24, 2.45) is 0 Å². The van der Waals surface area contributed by atoms with Gasteiger partial charge in [-0.25, -0.2) is 9.97 Å². The molecule has 5 heteroatoms. The van der Waals surface area contributed by atoms with E-state index in [0.29, 0.717) is 5.69 Å². The van der Waals surface area contributed by atoms with Gasteiger partial charge in [0.05, 0.1) is 12.1 Å². The van der Waals surface area contributed by atoms with Gasteiger partial charge < -0.3 is 11.1 Å². The van der Waals surface area contributed by atoms with E-state index in [9.17, 15) is 0 Å². The summed E-state index contributed by atoms with van der Waals surface area (Å²) in [5.41, 5.74) is 7.34. The number of nitrogens with one attached hydrogen (secondary N) is 1. The molecule has 0 amide bonds. The van der Waals surface area contributed by atoms with E-state index in [1.54, 1.807) is 17.7 Å². The van der Waals surface area contributed by atoms with Crippen molar-refractivity contribution in [3.05, 3.63) is 46.4 Å². The highest BCUT2D eigenvalue weighted by molar-refractivity contribution is 7.11. The maximum Gasteiger partial charge on any atom is 0.137 e. The van der Waals surface area contributed by atoms with Gasteiger partial charge in [0.25, 0.3) is 0 Å². The Morgan fingerprint density at radius 2 is 2.11 bits per heavy atom. The third kappa shape index (κ3) is 2.51. The second-order valence-electron chi connectivity index (χ2n) is 4.36. The third-order valence-electron chi connectivity index (χ3n) is 2.89. The van der Waals surface area contributed by atoms with Crippen LogP contribution in [0.15, 0.2) is 36.7 Å². The number of hydrogen-bond donors (Lipinski definition) is 2. The summed E-state index contributed by atoms with van der Waals surface area (Å²) in [5, 5.41) is 4.35. The number of aryl methyl sites for hydroxylation is 1. The molecule has 0 aliphatic carbocycles. The summed E-state index contributed by atoms with van der Waals surface area (Å²) in [6.45, 7) is 2.88. The quantitative estimate of drug-likeness (QED) is 0.717. The van der Waals surface area contributed by atoms with E-state index in [-0.39, 0.29) is 0 Å². The number of benzene rings is 1. The lowest BCUT2D eigenvalue weighted by Crippen LogP contribution is -2.01. The van der Waals surface area contributed by atoms with E-state index in [0.717, 1.165) is 23.3 Å². The molecule has 3 rings (SSSR count). The van der Waals surface area contributed by atoms with Crippen LogP contribution in [0.2, 0.25) is 0 Å². The number of nitrogen functional groups attached to an aromatic ring is 1. The minimum absolute atomic E-state index is 0.714. The summed E-state index contributed by atoms with van der Waals surface area (Å²) < 4.78 is 0. The van der Waals surface area contributed by atoms with Crippen molar-refractivity contribution >= 4 is 33.7 Å². The van der Waals surface area contributed by atoms with Gasteiger partial charge in [0, 0.05) is 20.8 Å². The van der Waals surface area contributed by atoms with Gasteiger partial charge in [0.2, 0.25) is 0 Å². The zero-order valence-electron chi connectivity index (χ0n) is 10.6. The van der Waals surface area contributed by atoms with E-state index in [2.05, 4.69) is 34.3 Å². The minimum atomic E-state index is 0.714. The van der Waals surface area contributed by atoms with E-state index in [1.807, 2.05) is 18.2 Å². The highest BCUT2D eigenvalue weighted by Crippen LogP contribution is 2.22. The summed E-state index contributed by atoms with van der Waals surface area (Å²) >= 11 is 1.79. The highest BCUT2D eigenvalue weighted by atomic mass is 32.1. The molecule has 2 heterocycles. The Hall–Kier alpha value is -2.14. The SMILES string of the molecule is Cc1ccc(CNc2ncnc3cc(N)ccc23)s1. The molecule has 2 aromatic heterocycles. The molecular weight excluding hydrogens is 256 g/mol. The van der Waals surface area contributed by atoms with E-state index >= 15 is 0 Å². The van der Waals surface area contributed by atoms with Crippen molar-refractivity contribution in [1.29, 1.82) is 0 Å². The van der Waals surface area contributed by atoms with Crippen molar-refractivity contribution in [3.8, 4) is 0 Å². The summed E-state index contributed by atoms with van der Waals surface area (Å²) in [7, 11) is 0. The summed E-state index contributed by atoms with van der Waals surface area (Å²) in [5.74, 6) is 0.844. The Kier molecular flexibility index (Phi) is 3.05. The molecule has 0 fully saturated rings. The Morgan fingerprint density at radius 3 is 2.89 bits per heavy atom. The lowest BCUT2D eigenvalue weighted by molar-refractivity contribution is 1.13. The minimum Gasteiger partial charge on any atom is -0.399 e. The molecule has 0 unspecified atom stereocenters. The van der Waals surface area contributed by atoms with Gasteiger partial charge in [-0.2, -0.15) is 0 Å². The fourth-order valence-electron chi connectivity index (χ4n) is 1.97. The van der Waals surface area contributed by atoms with Gasteiger partial charge >= 0.3 is 0 Å². The zero-order chi connectivity index (χ0) is 13.2. The van der Waals surface area contributed by atoms with Crippen LogP contribution < -0.4 is 11.1 Å². The number of hydrogen-bond acceptors (Lipinski definition) is 5. The van der Waals surface area contributed by atoms with Crippen molar-refractivity contribution in [1.82, 2.24) is 9.97 Å². The summed E-state index contributed by atoms with van der Waals surface area (Å²) in [4.78, 5) is 11.1. The lowest BCUT2D eigenvalue weighted by Gasteiger charge is -2.07. The molecule has 0 aliphatic rings. The maximum atomic E-state index is 5.76. The Bertz CT molecular complexity index is 720. The molecule has 3 N–H and O–H groups in total. The molecule has 1 aromatic carbocycles. The van der Waals surface area contributed by atoms with E-state index in [4.69, 9.17) is 5.73 Å². The first-order valence-corrected chi connectivity index (χ1v) is 6.83. The number of aromatic nitrogens is 2. The van der Waals surface area contributed by atoms with E-state index in [1.165, 1.54) is 9.75 Å². The Morgan fingerprint density at radius 1 is 1.21 bits per heavy atom. The van der Waals surface area contributed by atoms with Gasteiger partial charge in [0.1, 0.15) is 12.1 Å². The van der Waals surface area contributed by atoms with Crippen LogP contribution in [0.1, 0.15) is 9.75 Å². The third-order valence-corrected chi connectivity index (χ3v) is 3.89. The maximum absolute atomic E-state index is 5.76. The predicted octanol–water partition coefficient (Wildman–Crippen LogP) is 3.19. The topological polar surface area (TPSA) is 63.8 Å². The molecule has 0 saturated heterocycles. The Labute approximate surface area is 115 Å². The van der Waals surface area contributed by atoms with Crippen LogP contribution in [0.5, 0.6) is 0 Å². The normalized spacial score (nSPS) is 10.8. The Balaban J connectivity index is 1.88. The smallest absolute Gasteiger partial charge is 0.137 e. The number of nitrogens with zero attached hydrogens (tertiary/aromatic N) is 2. The lowest BCUT2D eigenvalue weighted by atomic mass is 10.2. The van der Waals surface area contributed by atoms with Crippen molar-refractivity contribution in [2.45, 2.75) is 13.5 Å². The number of thiophene rings is 1. The molecule has 3 aromatic rings. The fraction of sp³-hybridized carbons (Fsp3) is 0.143. The first-order chi connectivity index (χ1) is 9.22. The number of anilines is 2. The van der Waals surface area contributed by atoms with Crippen LogP contribution in [0, 0.1) is 6.92 Å². The molecule has 0 spiro atoms. The van der Waals surface area contributed by atoms with Crippen molar-refractivity contribution in [2.75, 3.05) is 11.1 Å². The van der Waals surface area contributed by atoms with Gasteiger partial charge in [-0.15, -0.1) is 11.3 Å². The molecule has 0 saturated carbocycles. The second-order valence-corrected chi connectivity index (χ2v) is 5.74. The van der Waals surface area contributed by atoms with Gasteiger partial charge in [-0.05, 0) is 37.3 Å². The predicted molar refractivity (Wildman–Crippen MR) is 80.3 cm³/mol. The first kappa shape index (κ1) is 11.9. The monoisotopic (exact) mass is 270 g/mol. The summed E-state index contributed by atoms with van der Waals surface area (Å²) in [6, 6.07) is 9.94. The largest absolute Gasteiger partial charge is 0.399 e. The van der Waals surface area contributed by atoms with Gasteiger partial charge in [0.15, 0.2) is 0 Å². The van der Waals surface area contributed by atoms with Crippen LogP contribution >= 0.6 is 11.3 Å². The van der Waals surface area contributed by atoms with Crippen LogP contribution in [0.3, 0.4) is 0 Å². The van der Waals surface area contributed by atoms with Crippen molar-refractivity contribution < 1.29 is 0 Å². The highest BCUT2D eigenvalue weighted by Gasteiger charge is 2.04. The molecular formula is C14H14N4S. The average Bonchev–Trinajstić information content (AvgIpc) is 2.81. The van der Waals surface area contributed by atoms with Crippen LogP contribution in [0.4, 0.5) is 11.5 Å². The molecule has 19 heavy (non-hydrogen) atoms. The molecule has 0 bridgehead atoms. The van der Waals surface area contributed by atoms with Crippen LogP contribution in [-0.4, -0.2) is 9.97 Å². The van der Waals surface area contributed by atoms with Gasteiger partial charge in [-0.1, -0.05) is 0 Å². The van der Waals surface area contributed by atoms with Gasteiger partial charge in [-0.3, -0.25) is 0 Å². The molecule has 96 valence electrons. The standard InChI is InChI=1S/C14H14N4S/c1-9-2-4-11(19-9)7-16-14-12-5-3-10(15)6-13(12)17-8-18-14/h2-6,8H,7,15H2,1H3,(H,16,17,18). The fourth-order valence-corrected chi connectivity index (χ4v) is 2.80. The average molecular weight is 270 g/mol. The first-order valence-electron chi connectivity index (χ1n) is 6.02. The summed E-state index contributed by atoms with van der Waals surface area (Å²) in [6.07, 6.45) is 1.56. The van der Waals surface area contributed by atoms with Crippen LogP contribution in [0.25, 0.3) is 10.9 Å². The number of rotatable bonds is 3. The zero-order valence-corrected chi connectivity index (χ0v) is 11.4. The van der Waals surface area contributed by atoms with E-state index < -0.39 is 0 Å².